The van der Waals surface area contributed by atoms with E-state index in [4.69, 9.17) is 18.9 Å². The second-order valence-corrected chi connectivity index (χ2v) is 9.59. The van der Waals surface area contributed by atoms with Crippen molar-refractivity contribution < 1.29 is 43.0 Å². The van der Waals surface area contributed by atoms with Gasteiger partial charge in [0.05, 0.1) is 19.7 Å². The normalized spacial score (nSPS) is 15.5. The molecule has 0 atom stereocenters. The van der Waals surface area contributed by atoms with E-state index in [1.165, 1.54) is 34.0 Å². The summed E-state index contributed by atoms with van der Waals surface area (Å²) in [5, 5.41) is 18.7. The molecule has 0 saturated carbocycles. The molecule has 2 aliphatic heterocycles. The van der Waals surface area contributed by atoms with Crippen LogP contribution < -0.4 is 24.4 Å². The minimum absolute atomic E-state index is 0.0608. The summed E-state index contributed by atoms with van der Waals surface area (Å²) in [6.07, 6.45) is 1.73. The van der Waals surface area contributed by atoms with Crippen LogP contribution in [0, 0.1) is 0 Å². The number of hydrogen-bond donors (Lipinski definition) is 2. The fourth-order valence-corrected chi connectivity index (χ4v) is 4.06. The van der Waals surface area contributed by atoms with Crippen LogP contribution in [-0.2, 0) is 26.8 Å². The molecule has 2 N–H and O–H groups in total. The molecule has 36 heavy (non-hydrogen) atoms. The summed E-state index contributed by atoms with van der Waals surface area (Å²) in [6, 6.07) is 9.63. The van der Waals surface area contributed by atoms with Crippen LogP contribution in [0.2, 0.25) is 0 Å². The molecule has 0 unspecified atom stereocenters. The van der Waals surface area contributed by atoms with E-state index in [0.29, 0.717) is 17.0 Å². The molecule has 0 spiro atoms. The Labute approximate surface area is 214 Å². The Morgan fingerprint density at radius 1 is 0.750 bits per heavy atom. The first-order valence-electron chi connectivity index (χ1n) is 11.6. The van der Waals surface area contributed by atoms with Gasteiger partial charge in [-0.2, -0.15) is 0 Å². The molecule has 0 radical (unpaired) electrons. The van der Waals surface area contributed by atoms with Gasteiger partial charge in [-0.25, -0.2) is 0 Å². The van der Waals surface area contributed by atoms with Gasteiger partial charge in [-0.1, -0.05) is 12.1 Å². The van der Waals surface area contributed by atoms with Crippen molar-refractivity contribution in [3.05, 3.63) is 41.5 Å². The first kappa shape index (κ1) is 29.8. The van der Waals surface area contributed by atoms with E-state index in [-0.39, 0.29) is 11.2 Å². The van der Waals surface area contributed by atoms with Crippen LogP contribution in [0.1, 0.15) is 38.8 Å². The third-order valence-corrected chi connectivity index (χ3v) is 5.56. The molecule has 2 heterocycles. The third-order valence-electron chi connectivity index (χ3n) is 5.56. The van der Waals surface area contributed by atoms with E-state index in [2.05, 4.69) is 33.9 Å². The van der Waals surface area contributed by atoms with E-state index in [1.54, 1.807) is 13.2 Å². The maximum absolute atomic E-state index is 9.37. The predicted octanol–water partition coefficient (Wildman–Crippen LogP) is 2.41. The Morgan fingerprint density at radius 3 is 1.81 bits per heavy atom. The topological polar surface area (TPSA) is 105 Å². The first-order valence-corrected chi connectivity index (χ1v) is 11.6. The van der Waals surface area contributed by atoms with Crippen LogP contribution in [0.25, 0.3) is 0 Å². The van der Waals surface area contributed by atoms with Gasteiger partial charge in [0.15, 0.2) is 0 Å². The third kappa shape index (κ3) is 7.78. The average Bonchev–Trinajstić information content (AvgIpc) is 3.31. The lowest BCUT2D eigenvalue weighted by atomic mass is 9.77. The minimum Gasteiger partial charge on any atom is -0.497 e. The summed E-state index contributed by atoms with van der Waals surface area (Å²) < 4.78 is 35.5. The second-order valence-electron chi connectivity index (χ2n) is 9.59. The van der Waals surface area contributed by atoms with E-state index < -0.39 is 14.4 Å². The van der Waals surface area contributed by atoms with Crippen molar-refractivity contribution in [3.63, 3.8) is 0 Å². The van der Waals surface area contributed by atoms with Crippen LogP contribution in [0.15, 0.2) is 30.3 Å². The lowest BCUT2D eigenvalue weighted by Crippen LogP contribution is -2.34. The fraction of sp³-hybridized carbons (Fsp3) is 0.520. The van der Waals surface area contributed by atoms with Crippen LogP contribution in [0.5, 0.6) is 23.0 Å². The van der Waals surface area contributed by atoms with Crippen molar-refractivity contribution >= 4 is 19.9 Å². The lowest BCUT2D eigenvalue weighted by molar-refractivity contribution is 0.138. The molecule has 0 aromatic heterocycles. The highest BCUT2D eigenvalue weighted by molar-refractivity contribution is 6.61. The Bertz CT molecular complexity index is 986. The summed E-state index contributed by atoms with van der Waals surface area (Å²) in [7, 11) is 5.60. The van der Waals surface area contributed by atoms with E-state index in [1.807, 2.05) is 32.0 Å². The van der Waals surface area contributed by atoms with Crippen LogP contribution in [0.4, 0.5) is 0 Å². The molecule has 2 aliphatic rings. The molecule has 0 saturated heterocycles. The van der Waals surface area contributed by atoms with Crippen molar-refractivity contribution in [2.24, 2.45) is 0 Å². The largest absolute Gasteiger partial charge is 0.638 e. The second kappa shape index (κ2) is 12.7. The smallest absolute Gasteiger partial charge is 0.497 e. The zero-order valence-electron chi connectivity index (χ0n) is 22.7. The SMILES string of the molecule is COB(OC)OC.COc1ccc2c(c1)OC(C)(C)C2.COc1ccc2c(c1B(O)O)OC(C)(C)C2. The highest BCUT2D eigenvalue weighted by Gasteiger charge is 2.36. The number of benzene rings is 2. The predicted molar refractivity (Wildman–Crippen MR) is 139 cm³/mol. The Hall–Kier alpha value is -2.43. The molecule has 11 heteroatoms. The van der Waals surface area contributed by atoms with E-state index in [9.17, 15) is 10.0 Å². The summed E-state index contributed by atoms with van der Waals surface area (Å²) in [4.78, 5) is 0. The number of fused-ring (bicyclic) bond motifs is 2. The maximum atomic E-state index is 9.37. The van der Waals surface area contributed by atoms with Gasteiger partial charge < -0.3 is 43.0 Å². The Balaban J connectivity index is 0.000000205. The highest BCUT2D eigenvalue weighted by atomic mass is 16.7. The van der Waals surface area contributed by atoms with Crippen LogP contribution in [0.3, 0.4) is 0 Å². The summed E-state index contributed by atoms with van der Waals surface area (Å²) >= 11 is 0. The number of ether oxygens (including phenoxy) is 4. The summed E-state index contributed by atoms with van der Waals surface area (Å²) in [6.45, 7) is 8.12. The Kier molecular flexibility index (Phi) is 10.5. The summed E-state index contributed by atoms with van der Waals surface area (Å²) in [5.41, 5.74) is 2.19. The van der Waals surface area contributed by atoms with Crippen molar-refractivity contribution in [2.75, 3.05) is 35.5 Å². The number of methoxy groups -OCH3 is 2. The molecular weight excluding hydrogens is 466 g/mol. The van der Waals surface area contributed by atoms with Crippen molar-refractivity contribution in [2.45, 2.75) is 51.7 Å². The first-order chi connectivity index (χ1) is 16.9. The zero-order chi connectivity index (χ0) is 27.1. The molecule has 0 bridgehead atoms. The molecule has 198 valence electrons. The minimum atomic E-state index is -1.58. The van der Waals surface area contributed by atoms with Gasteiger partial charge in [-0.15, -0.1) is 0 Å². The summed E-state index contributed by atoms with van der Waals surface area (Å²) in [5.74, 6) is 2.80. The maximum Gasteiger partial charge on any atom is 0.638 e. The quantitative estimate of drug-likeness (QED) is 0.574. The van der Waals surface area contributed by atoms with Gasteiger partial charge in [-0.3, -0.25) is 0 Å². The number of rotatable bonds is 6. The zero-order valence-corrected chi connectivity index (χ0v) is 22.7. The Morgan fingerprint density at radius 2 is 1.31 bits per heavy atom. The molecule has 9 nitrogen and oxygen atoms in total. The van der Waals surface area contributed by atoms with Gasteiger partial charge in [0.2, 0.25) is 0 Å². The van der Waals surface area contributed by atoms with Crippen LogP contribution in [-0.4, -0.2) is 71.2 Å². The van der Waals surface area contributed by atoms with Crippen molar-refractivity contribution in [1.29, 1.82) is 0 Å². The van der Waals surface area contributed by atoms with Crippen molar-refractivity contribution in [3.8, 4) is 23.0 Å². The monoisotopic (exact) mass is 504 g/mol. The molecule has 0 fully saturated rings. The van der Waals surface area contributed by atoms with E-state index >= 15 is 0 Å². The standard InChI is InChI=1S/C11H15BO4.C11H14O2.C3H9BO3/c1-11(2)6-7-4-5-8(15-3)9(12(13)14)10(7)16-11;1-11(2)7-8-4-5-9(12-3)6-10(8)13-11;1-5-4(6-2)7-3/h4-5,13-14H,6H2,1-3H3;4-6H,7H2,1-3H3;1-3H3. The molecule has 2 aromatic carbocycles. The van der Waals surface area contributed by atoms with Gasteiger partial charge in [0.25, 0.3) is 0 Å². The van der Waals surface area contributed by atoms with Crippen LogP contribution >= 0.6 is 0 Å². The fourth-order valence-electron chi connectivity index (χ4n) is 4.06. The highest BCUT2D eigenvalue weighted by Crippen LogP contribution is 2.37. The average molecular weight is 504 g/mol. The molecular formula is C25H38B2O9. The molecule has 2 aromatic rings. The molecule has 4 rings (SSSR count). The van der Waals surface area contributed by atoms with Gasteiger partial charge in [-0.05, 0) is 51.0 Å². The van der Waals surface area contributed by atoms with Gasteiger partial charge in [0.1, 0.15) is 34.2 Å². The van der Waals surface area contributed by atoms with E-state index in [0.717, 1.165) is 29.9 Å². The molecule has 0 amide bonds. The van der Waals surface area contributed by atoms with Gasteiger partial charge in [0, 0.05) is 40.2 Å². The van der Waals surface area contributed by atoms with Gasteiger partial charge >= 0.3 is 14.4 Å². The molecule has 0 aliphatic carbocycles. The number of hydrogen-bond acceptors (Lipinski definition) is 9. The van der Waals surface area contributed by atoms with Crippen molar-refractivity contribution in [1.82, 2.24) is 0 Å². The lowest BCUT2D eigenvalue weighted by Gasteiger charge is -2.18.